The molecule has 2 atom stereocenters. The summed E-state index contributed by atoms with van der Waals surface area (Å²) in [5, 5.41) is 9.64. The second-order valence-electron chi connectivity index (χ2n) is 10.1. The van der Waals surface area contributed by atoms with Gasteiger partial charge < -0.3 is 15.1 Å². The van der Waals surface area contributed by atoms with E-state index < -0.39 is 6.04 Å². The molecule has 200 valence electrons. The molecule has 1 N–H and O–H groups in total. The van der Waals surface area contributed by atoms with Gasteiger partial charge in [0, 0.05) is 44.3 Å². The van der Waals surface area contributed by atoms with Crippen molar-refractivity contribution in [1.82, 2.24) is 39.3 Å². The van der Waals surface area contributed by atoms with Gasteiger partial charge in [-0.3, -0.25) is 18.8 Å². The first-order valence-corrected chi connectivity index (χ1v) is 13.7. The van der Waals surface area contributed by atoms with Crippen molar-refractivity contribution in [2.75, 3.05) is 20.1 Å². The van der Waals surface area contributed by atoms with Gasteiger partial charge in [0.05, 0.1) is 24.7 Å². The Morgan fingerprint density at radius 2 is 2.00 bits per heavy atom. The lowest BCUT2D eigenvalue weighted by Gasteiger charge is -2.29. The molecule has 0 aliphatic carbocycles. The van der Waals surface area contributed by atoms with Crippen molar-refractivity contribution >= 4 is 34.0 Å². The lowest BCUT2D eigenvalue weighted by atomic mass is 10.0. The number of carbonyl (C=O) groups excluding carboxylic acids is 3. The van der Waals surface area contributed by atoms with Crippen LogP contribution < -0.4 is 5.32 Å². The van der Waals surface area contributed by atoms with Crippen LogP contribution in [0.1, 0.15) is 63.4 Å². The molecule has 0 aromatic carbocycles. The van der Waals surface area contributed by atoms with Crippen molar-refractivity contribution < 1.29 is 14.4 Å². The van der Waals surface area contributed by atoms with Gasteiger partial charge in [-0.15, -0.1) is 11.3 Å². The zero-order valence-electron chi connectivity index (χ0n) is 22.2. The van der Waals surface area contributed by atoms with Crippen LogP contribution in [-0.2, 0) is 27.3 Å². The zero-order valence-corrected chi connectivity index (χ0v) is 23.0. The fourth-order valence-corrected chi connectivity index (χ4v) is 5.30. The Hall–Kier alpha value is -3.28. The van der Waals surface area contributed by atoms with Crippen molar-refractivity contribution in [2.24, 2.45) is 5.92 Å². The number of nitrogens with zero attached hydrogens (tertiary/aromatic N) is 7. The minimum Gasteiger partial charge on any atom is -0.344 e. The van der Waals surface area contributed by atoms with Crippen molar-refractivity contribution in [3.63, 3.8) is 0 Å². The average molecular weight is 529 g/mol. The van der Waals surface area contributed by atoms with E-state index in [0.717, 1.165) is 10.7 Å². The molecule has 3 aromatic heterocycles. The van der Waals surface area contributed by atoms with Crippen molar-refractivity contribution in [2.45, 2.75) is 72.0 Å². The minimum absolute atomic E-state index is 0.0440. The van der Waals surface area contributed by atoms with Gasteiger partial charge in [-0.25, -0.2) is 14.6 Å². The monoisotopic (exact) mass is 528 g/mol. The van der Waals surface area contributed by atoms with Crippen LogP contribution in [-0.4, -0.2) is 77.8 Å². The summed E-state index contributed by atoms with van der Waals surface area (Å²) in [5.74, 6) is 1.19. The third kappa shape index (κ3) is 6.35. The Morgan fingerprint density at radius 1 is 1.22 bits per heavy atom. The Kier molecular flexibility index (Phi) is 8.25. The van der Waals surface area contributed by atoms with Crippen LogP contribution in [0.5, 0.6) is 0 Å². The number of thiazole rings is 1. The Morgan fingerprint density at radius 3 is 2.73 bits per heavy atom. The van der Waals surface area contributed by atoms with Crippen LogP contribution in [0.25, 0.3) is 4.96 Å². The summed E-state index contributed by atoms with van der Waals surface area (Å²) in [6.45, 7) is 9.01. The second-order valence-corrected chi connectivity index (χ2v) is 11.0. The fourth-order valence-electron chi connectivity index (χ4n) is 4.58. The third-order valence-corrected chi connectivity index (χ3v) is 7.49. The number of hydrogen-bond donors (Lipinski definition) is 1. The molecule has 37 heavy (non-hydrogen) atoms. The van der Waals surface area contributed by atoms with Gasteiger partial charge in [0.15, 0.2) is 4.96 Å². The minimum atomic E-state index is -0.630. The summed E-state index contributed by atoms with van der Waals surface area (Å²) in [4.78, 5) is 52.6. The number of hydrogen-bond acceptors (Lipinski definition) is 7. The number of amides is 3. The number of aryl methyl sites for hydroxylation is 1. The molecule has 0 bridgehead atoms. The molecule has 1 aliphatic heterocycles. The molecule has 0 spiro atoms. The smallest absolute Gasteiger partial charge is 0.243 e. The summed E-state index contributed by atoms with van der Waals surface area (Å²) in [6.07, 6.45) is 5.42. The maximum atomic E-state index is 13.4. The summed E-state index contributed by atoms with van der Waals surface area (Å²) < 4.78 is 3.72. The van der Waals surface area contributed by atoms with E-state index in [0.29, 0.717) is 50.0 Å². The van der Waals surface area contributed by atoms with E-state index in [9.17, 15) is 14.4 Å². The van der Waals surface area contributed by atoms with E-state index >= 15 is 0 Å². The number of rotatable bonds is 4. The first kappa shape index (κ1) is 26.8. The van der Waals surface area contributed by atoms with E-state index in [2.05, 4.69) is 34.2 Å². The highest BCUT2D eigenvalue weighted by molar-refractivity contribution is 7.15. The largest absolute Gasteiger partial charge is 0.344 e. The summed E-state index contributed by atoms with van der Waals surface area (Å²) >= 11 is 1.53. The maximum absolute atomic E-state index is 13.4. The highest BCUT2D eigenvalue weighted by Crippen LogP contribution is 2.21. The lowest BCUT2D eigenvalue weighted by Crippen LogP contribution is -2.47. The average Bonchev–Trinajstić information content (AvgIpc) is 3.53. The van der Waals surface area contributed by atoms with Gasteiger partial charge in [-0.1, -0.05) is 13.8 Å². The number of imidazole rings is 1. The molecule has 12 heteroatoms. The molecule has 0 unspecified atom stereocenters. The van der Waals surface area contributed by atoms with Gasteiger partial charge in [0.1, 0.15) is 17.7 Å². The normalized spacial score (nSPS) is 20.3. The molecular weight excluding hydrogens is 492 g/mol. The SMILES string of the molecule is Cc1nc2n(n1)CCN(C(=O)Cc1cn3ccsc3n1)CCCC(=O)N(C)[C@@H](C)C(=O)N[C@@H]2CC(C)C. The van der Waals surface area contributed by atoms with E-state index in [1.165, 1.54) is 16.2 Å². The number of carbonyl (C=O) groups is 3. The van der Waals surface area contributed by atoms with E-state index in [1.54, 1.807) is 23.6 Å². The molecule has 0 saturated heterocycles. The van der Waals surface area contributed by atoms with Gasteiger partial charge in [-0.05, 0) is 32.6 Å². The highest BCUT2D eigenvalue weighted by atomic mass is 32.1. The van der Waals surface area contributed by atoms with Crippen molar-refractivity contribution in [1.29, 1.82) is 0 Å². The summed E-state index contributed by atoms with van der Waals surface area (Å²) in [5.41, 5.74) is 0.720. The van der Waals surface area contributed by atoms with E-state index in [4.69, 9.17) is 0 Å². The molecule has 4 rings (SSSR count). The number of nitrogens with one attached hydrogen (secondary N) is 1. The van der Waals surface area contributed by atoms with Crippen LogP contribution in [0, 0.1) is 12.8 Å². The Labute approximate surface area is 220 Å². The molecule has 11 nitrogen and oxygen atoms in total. The highest BCUT2D eigenvalue weighted by Gasteiger charge is 2.29. The van der Waals surface area contributed by atoms with E-state index in [1.807, 2.05) is 29.1 Å². The maximum Gasteiger partial charge on any atom is 0.243 e. The van der Waals surface area contributed by atoms with Gasteiger partial charge in [-0.2, -0.15) is 5.10 Å². The molecule has 3 amide bonds. The van der Waals surface area contributed by atoms with Crippen molar-refractivity contribution in [3.05, 3.63) is 35.1 Å². The predicted octanol–water partition coefficient (Wildman–Crippen LogP) is 2.21. The topological polar surface area (TPSA) is 118 Å². The fraction of sp³-hybridized carbons (Fsp3) is 0.600. The van der Waals surface area contributed by atoms with Crippen LogP contribution >= 0.6 is 11.3 Å². The molecular formula is C25H36N8O3S. The Balaban J connectivity index is 1.60. The standard InChI is InChI=1S/C25H36N8O3S/c1-16(2)13-20-23-26-18(4)29-33(23)10-9-31(8-6-7-21(34)30(5)17(3)24(36)28-20)22(35)14-19-15-32-11-12-37-25(32)27-19/h11-12,15-17,20H,6-10,13-14H2,1-5H3,(H,28,36)/t17-,20+/m0/s1. The predicted molar refractivity (Wildman–Crippen MR) is 140 cm³/mol. The van der Waals surface area contributed by atoms with Crippen LogP contribution in [0.3, 0.4) is 0 Å². The third-order valence-electron chi connectivity index (χ3n) is 6.72. The number of aromatic nitrogens is 5. The molecule has 1 aliphatic rings. The summed E-state index contributed by atoms with van der Waals surface area (Å²) in [7, 11) is 1.65. The second kappa shape index (κ2) is 11.4. The Bertz CT molecular complexity index is 1230. The zero-order chi connectivity index (χ0) is 26.7. The van der Waals surface area contributed by atoms with Crippen LogP contribution in [0.4, 0.5) is 0 Å². The van der Waals surface area contributed by atoms with Gasteiger partial charge >= 0.3 is 0 Å². The van der Waals surface area contributed by atoms with Crippen LogP contribution in [0.2, 0.25) is 0 Å². The molecule has 4 heterocycles. The first-order valence-electron chi connectivity index (χ1n) is 12.8. The van der Waals surface area contributed by atoms with Crippen LogP contribution in [0.15, 0.2) is 17.8 Å². The van der Waals surface area contributed by atoms with Gasteiger partial charge in [0.25, 0.3) is 0 Å². The molecule has 0 saturated carbocycles. The number of likely N-dealkylation sites (N-methyl/N-ethyl adjacent to an activating group) is 1. The number of fused-ring (bicyclic) bond motifs is 2. The summed E-state index contributed by atoms with van der Waals surface area (Å²) in [6, 6.07) is -0.986. The van der Waals surface area contributed by atoms with E-state index in [-0.39, 0.29) is 36.6 Å². The quantitative estimate of drug-likeness (QED) is 0.555. The molecule has 0 fully saturated rings. The molecule has 3 aromatic rings. The lowest BCUT2D eigenvalue weighted by molar-refractivity contribution is -0.139. The molecule has 0 radical (unpaired) electrons. The first-order chi connectivity index (χ1) is 17.6. The van der Waals surface area contributed by atoms with Gasteiger partial charge in [0.2, 0.25) is 17.7 Å². The van der Waals surface area contributed by atoms with Crippen molar-refractivity contribution in [3.8, 4) is 0 Å².